The van der Waals surface area contributed by atoms with Gasteiger partial charge in [-0.3, -0.25) is 0 Å². The molecule has 2 aliphatic heterocycles. The van der Waals surface area contributed by atoms with Gasteiger partial charge in [-0.15, -0.1) is 0 Å². The Kier molecular flexibility index (Phi) is 4.44. The third kappa shape index (κ3) is 3.46. The van der Waals surface area contributed by atoms with Gasteiger partial charge in [-0.05, 0) is 50.8 Å². The van der Waals surface area contributed by atoms with Crippen molar-refractivity contribution in [2.45, 2.75) is 58.2 Å². The van der Waals surface area contributed by atoms with Crippen molar-refractivity contribution in [3.63, 3.8) is 0 Å². The standard InChI is InChI=1S/C19H26O3/c1-4-19(3)18(22-19)8-5-14(2)9-11-20-16-7-6-15-10-12-21-17(15)13-16/h6-7,9,13,18H,4-5,8,10-12H2,1-3H3. The Morgan fingerprint density at radius 2 is 2.32 bits per heavy atom. The Morgan fingerprint density at radius 3 is 3.09 bits per heavy atom. The van der Waals surface area contributed by atoms with Crippen LogP contribution < -0.4 is 9.47 Å². The van der Waals surface area contributed by atoms with Gasteiger partial charge in [0.05, 0.1) is 18.3 Å². The molecule has 2 atom stereocenters. The lowest BCUT2D eigenvalue weighted by molar-refractivity contribution is 0.300. The topological polar surface area (TPSA) is 31.0 Å². The van der Waals surface area contributed by atoms with Crippen LogP contribution in [-0.4, -0.2) is 24.9 Å². The molecule has 22 heavy (non-hydrogen) atoms. The molecular weight excluding hydrogens is 276 g/mol. The van der Waals surface area contributed by atoms with E-state index in [9.17, 15) is 0 Å². The number of allylic oxidation sites excluding steroid dienone is 1. The molecule has 3 rings (SSSR count). The fourth-order valence-corrected chi connectivity index (χ4v) is 2.94. The van der Waals surface area contributed by atoms with Crippen LogP contribution in [0, 0.1) is 0 Å². The fourth-order valence-electron chi connectivity index (χ4n) is 2.94. The molecule has 0 bridgehead atoms. The van der Waals surface area contributed by atoms with Gasteiger partial charge in [-0.1, -0.05) is 18.6 Å². The molecule has 0 spiro atoms. The van der Waals surface area contributed by atoms with Crippen LogP contribution in [-0.2, 0) is 11.2 Å². The number of hydrogen-bond donors (Lipinski definition) is 0. The summed E-state index contributed by atoms with van der Waals surface area (Å²) in [4.78, 5) is 0. The molecule has 1 aromatic carbocycles. The van der Waals surface area contributed by atoms with E-state index >= 15 is 0 Å². The predicted octanol–water partition coefficient (Wildman–Crippen LogP) is 4.29. The average Bonchev–Trinajstić information content (AvgIpc) is 2.95. The van der Waals surface area contributed by atoms with Gasteiger partial charge in [0.2, 0.25) is 0 Å². The van der Waals surface area contributed by atoms with Crippen LogP contribution in [0.4, 0.5) is 0 Å². The van der Waals surface area contributed by atoms with Crippen molar-refractivity contribution in [2.75, 3.05) is 13.2 Å². The molecule has 3 nitrogen and oxygen atoms in total. The molecule has 0 amide bonds. The quantitative estimate of drug-likeness (QED) is 0.556. The van der Waals surface area contributed by atoms with Crippen molar-refractivity contribution in [2.24, 2.45) is 0 Å². The summed E-state index contributed by atoms with van der Waals surface area (Å²) in [6.07, 6.45) is 6.91. The maximum absolute atomic E-state index is 5.80. The monoisotopic (exact) mass is 302 g/mol. The SMILES string of the molecule is CCC1(C)OC1CCC(C)=CCOc1ccc2c(c1)OCC2. The molecule has 1 saturated heterocycles. The van der Waals surface area contributed by atoms with Crippen molar-refractivity contribution in [3.05, 3.63) is 35.4 Å². The molecule has 2 unspecified atom stereocenters. The van der Waals surface area contributed by atoms with E-state index in [0.29, 0.717) is 12.7 Å². The average molecular weight is 302 g/mol. The van der Waals surface area contributed by atoms with Crippen LogP contribution >= 0.6 is 0 Å². The first-order chi connectivity index (χ1) is 10.6. The summed E-state index contributed by atoms with van der Waals surface area (Å²) >= 11 is 0. The van der Waals surface area contributed by atoms with Gasteiger partial charge < -0.3 is 14.2 Å². The first-order valence-corrected chi connectivity index (χ1v) is 8.33. The summed E-state index contributed by atoms with van der Waals surface area (Å²) in [6.45, 7) is 7.96. The van der Waals surface area contributed by atoms with Crippen LogP contribution in [0.5, 0.6) is 11.5 Å². The van der Waals surface area contributed by atoms with Crippen molar-refractivity contribution >= 4 is 0 Å². The first kappa shape index (κ1) is 15.4. The highest BCUT2D eigenvalue weighted by atomic mass is 16.6. The normalized spacial score (nSPS) is 26.5. The molecule has 2 heterocycles. The summed E-state index contributed by atoms with van der Waals surface area (Å²) in [5.41, 5.74) is 2.79. The predicted molar refractivity (Wildman–Crippen MR) is 87.7 cm³/mol. The van der Waals surface area contributed by atoms with E-state index in [1.54, 1.807) is 0 Å². The van der Waals surface area contributed by atoms with E-state index in [1.165, 1.54) is 11.1 Å². The number of ether oxygens (including phenoxy) is 3. The molecule has 120 valence electrons. The summed E-state index contributed by atoms with van der Waals surface area (Å²) in [7, 11) is 0. The Balaban J connectivity index is 1.42. The summed E-state index contributed by atoms with van der Waals surface area (Å²) in [5.74, 6) is 1.86. The van der Waals surface area contributed by atoms with Gasteiger partial charge in [0, 0.05) is 12.5 Å². The number of rotatable bonds is 7. The summed E-state index contributed by atoms with van der Waals surface area (Å²) < 4.78 is 17.1. The van der Waals surface area contributed by atoms with Crippen molar-refractivity contribution in [1.29, 1.82) is 0 Å². The van der Waals surface area contributed by atoms with Crippen LogP contribution in [0.1, 0.15) is 45.6 Å². The van der Waals surface area contributed by atoms with Crippen LogP contribution in [0.25, 0.3) is 0 Å². The molecule has 2 aliphatic rings. The third-order valence-corrected chi connectivity index (χ3v) is 4.89. The molecule has 0 aromatic heterocycles. The lowest BCUT2D eigenvalue weighted by atomic mass is 9.99. The fraction of sp³-hybridized carbons (Fsp3) is 0.579. The van der Waals surface area contributed by atoms with E-state index < -0.39 is 0 Å². The zero-order valence-corrected chi connectivity index (χ0v) is 13.9. The van der Waals surface area contributed by atoms with Gasteiger partial charge in [0.15, 0.2) is 0 Å². The number of hydrogen-bond acceptors (Lipinski definition) is 3. The van der Waals surface area contributed by atoms with E-state index in [1.807, 2.05) is 12.1 Å². The Hall–Kier alpha value is -1.48. The summed E-state index contributed by atoms with van der Waals surface area (Å²) in [6, 6.07) is 6.13. The van der Waals surface area contributed by atoms with Crippen molar-refractivity contribution in [1.82, 2.24) is 0 Å². The molecule has 1 fully saturated rings. The first-order valence-electron chi connectivity index (χ1n) is 8.33. The number of epoxide rings is 1. The van der Waals surface area contributed by atoms with E-state index in [2.05, 4.69) is 32.9 Å². The van der Waals surface area contributed by atoms with Gasteiger partial charge >= 0.3 is 0 Å². The highest BCUT2D eigenvalue weighted by Crippen LogP contribution is 2.42. The third-order valence-electron chi connectivity index (χ3n) is 4.89. The second-order valence-electron chi connectivity index (χ2n) is 6.54. The highest BCUT2D eigenvalue weighted by molar-refractivity contribution is 5.42. The van der Waals surface area contributed by atoms with Gasteiger partial charge in [-0.25, -0.2) is 0 Å². The minimum atomic E-state index is 0.140. The molecule has 0 saturated carbocycles. The largest absolute Gasteiger partial charge is 0.493 e. The van der Waals surface area contributed by atoms with Gasteiger partial charge in [0.25, 0.3) is 0 Å². The molecule has 0 aliphatic carbocycles. The van der Waals surface area contributed by atoms with Crippen LogP contribution in [0.3, 0.4) is 0 Å². The van der Waals surface area contributed by atoms with Crippen LogP contribution in [0.15, 0.2) is 29.8 Å². The van der Waals surface area contributed by atoms with E-state index in [0.717, 1.165) is 43.8 Å². The second-order valence-corrected chi connectivity index (χ2v) is 6.54. The van der Waals surface area contributed by atoms with Gasteiger partial charge in [-0.2, -0.15) is 0 Å². The van der Waals surface area contributed by atoms with Crippen molar-refractivity contribution < 1.29 is 14.2 Å². The lowest BCUT2D eigenvalue weighted by Gasteiger charge is -2.07. The van der Waals surface area contributed by atoms with E-state index in [-0.39, 0.29) is 5.60 Å². The lowest BCUT2D eigenvalue weighted by Crippen LogP contribution is -2.07. The molecule has 3 heteroatoms. The molecule has 1 aromatic rings. The molecule has 0 N–H and O–H groups in total. The Labute approximate surface area is 133 Å². The summed E-state index contributed by atoms with van der Waals surface area (Å²) in [5, 5.41) is 0. The van der Waals surface area contributed by atoms with Gasteiger partial charge in [0.1, 0.15) is 18.1 Å². The Bertz CT molecular complexity index is 564. The minimum Gasteiger partial charge on any atom is -0.493 e. The maximum atomic E-state index is 5.80. The highest BCUT2D eigenvalue weighted by Gasteiger charge is 2.49. The molecular formula is C19H26O3. The van der Waals surface area contributed by atoms with E-state index in [4.69, 9.17) is 14.2 Å². The zero-order chi connectivity index (χ0) is 15.6. The minimum absolute atomic E-state index is 0.140. The van der Waals surface area contributed by atoms with Crippen molar-refractivity contribution in [3.8, 4) is 11.5 Å². The smallest absolute Gasteiger partial charge is 0.126 e. The molecule has 0 radical (unpaired) electrons. The number of fused-ring (bicyclic) bond motifs is 1. The Morgan fingerprint density at radius 1 is 1.45 bits per heavy atom. The van der Waals surface area contributed by atoms with Crippen LogP contribution in [0.2, 0.25) is 0 Å². The maximum Gasteiger partial charge on any atom is 0.126 e. The number of benzene rings is 1. The second kappa shape index (κ2) is 6.33. The zero-order valence-electron chi connectivity index (χ0n) is 13.9.